The smallest absolute Gasteiger partial charge is 0.435 e. The molecule has 1 heterocycles. The van der Waals surface area contributed by atoms with Gasteiger partial charge in [0.15, 0.2) is 0 Å². The first-order chi connectivity index (χ1) is 10.6. The number of ether oxygens (including phenoxy) is 1. The zero-order valence-electron chi connectivity index (χ0n) is 12.7. The summed E-state index contributed by atoms with van der Waals surface area (Å²) < 4.78 is 6.27. The number of aromatic nitrogens is 2. The van der Waals surface area contributed by atoms with Crippen molar-refractivity contribution in [1.82, 2.24) is 9.78 Å². The number of para-hydroxylation sites is 1. The number of nitrogens with zero attached hydrogens (tertiary/aromatic N) is 2. The lowest BCUT2D eigenvalue weighted by Gasteiger charge is -2.13. The fraction of sp³-hybridized carbons (Fsp3) is 0.438. The Kier molecular flexibility index (Phi) is 5.14. The zero-order chi connectivity index (χ0) is 16.1. The van der Waals surface area contributed by atoms with Gasteiger partial charge in [0.25, 0.3) is 0 Å². The lowest BCUT2D eigenvalue weighted by atomic mass is 10.0. The van der Waals surface area contributed by atoms with Gasteiger partial charge in [-0.1, -0.05) is 44.9 Å². The van der Waals surface area contributed by atoms with E-state index in [9.17, 15) is 14.7 Å². The van der Waals surface area contributed by atoms with Crippen molar-refractivity contribution >= 4 is 23.0 Å². The average molecular weight is 303 g/mol. The van der Waals surface area contributed by atoms with Gasteiger partial charge in [0, 0.05) is 5.39 Å². The normalized spacial score (nSPS) is 12.3. The van der Waals surface area contributed by atoms with E-state index in [-0.39, 0.29) is 5.69 Å². The third-order valence-corrected chi connectivity index (χ3v) is 3.67. The number of hydrogen-bond donors (Lipinski definition) is 0. The van der Waals surface area contributed by atoms with Crippen molar-refractivity contribution in [2.45, 2.75) is 33.1 Å². The Bertz CT molecular complexity index is 678. The van der Waals surface area contributed by atoms with Crippen LogP contribution in [0.5, 0.6) is 0 Å². The first kappa shape index (κ1) is 16.0. The van der Waals surface area contributed by atoms with E-state index in [4.69, 9.17) is 4.74 Å². The molecular weight excluding hydrogens is 284 g/mol. The van der Waals surface area contributed by atoms with Gasteiger partial charge in [0.05, 0.1) is 18.1 Å². The molecule has 0 amide bonds. The summed E-state index contributed by atoms with van der Waals surface area (Å²) in [7, 11) is 0. The standard InChI is InChI=1S/C16H20N2O4/c1-3-7-11(4-2)10-22-16(21)18-13-9-6-5-8-12(13)14(17-18)15(19)20/h5-6,8-9,11H,3-4,7,10H2,1-2H3,(H,19,20)/p-1. The number of rotatable bonds is 6. The molecular formula is C16H19N2O4-. The first-order valence-electron chi connectivity index (χ1n) is 7.44. The second kappa shape index (κ2) is 7.06. The molecule has 1 aromatic carbocycles. The SMILES string of the molecule is CCCC(CC)COC(=O)n1nc(C(=O)[O-])c2ccccc21. The van der Waals surface area contributed by atoms with Gasteiger partial charge in [-0.2, -0.15) is 9.78 Å². The molecule has 1 atom stereocenters. The molecule has 6 heteroatoms. The summed E-state index contributed by atoms with van der Waals surface area (Å²) in [5.74, 6) is -1.11. The number of hydrogen-bond acceptors (Lipinski definition) is 5. The molecule has 0 N–H and O–H groups in total. The summed E-state index contributed by atoms with van der Waals surface area (Å²) in [5, 5.41) is 15.3. The number of carboxylic acid groups (broad SMARTS) is 1. The summed E-state index contributed by atoms with van der Waals surface area (Å²) in [6.45, 7) is 4.43. The van der Waals surface area contributed by atoms with Gasteiger partial charge in [-0.05, 0) is 18.4 Å². The summed E-state index contributed by atoms with van der Waals surface area (Å²) in [6.07, 6.45) is 2.26. The van der Waals surface area contributed by atoms with Crippen LogP contribution in [0.2, 0.25) is 0 Å². The summed E-state index contributed by atoms with van der Waals surface area (Å²) in [5.41, 5.74) is 0.142. The Hall–Kier alpha value is -2.37. The lowest BCUT2D eigenvalue weighted by molar-refractivity contribution is -0.255. The predicted molar refractivity (Wildman–Crippen MR) is 79.5 cm³/mol. The van der Waals surface area contributed by atoms with E-state index >= 15 is 0 Å². The Labute approximate surface area is 128 Å². The molecule has 0 radical (unpaired) electrons. The van der Waals surface area contributed by atoms with Gasteiger partial charge >= 0.3 is 6.09 Å². The number of carbonyl (C=O) groups is 2. The van der Waals surface area contributed by atoms with E-state index in [2.05, 4.69) is 12.0 Å². The van der Waals surface area contributed by atoms with Gasteiger partial charge in [0.2, 0.25) is 0 Å². The molecule has 2 rings (SSSR count). The summed E-state index contributed by atoms with van der Waals surface area (Å²) in [4.78, 5) is 23.3. The maximum atomic E-state index is 12.2. The molecule has 0 aliphatic heterocycles. The van der Waals surface area contributed by atoms with Crippen molar-refractivity contribution in [1.29, 1.82) is 0 Å². The fourth-order valence-corrected chi connectivity index (χ4v) is 2.42. The molecule has 2 aromatic rings. The van der Waals surface area contributed by atoms with Crippen molar-refractivity contribution in [2.24, 2.45) is 5.92 Å². The number of aromatic carboxylic acids is 1. The molecule has 0 aliphatic rings. The largest absolute Gasteiger partial charge is 0.543 e. The van der Waals surface area contributed by atoms with Crippen molar-refractivity contribution < 1.29 is 19.4 Å². The Morgan fingerprint density at radius 2 is 2.05 bits per heavy atom. The average Bonchev–Trinajstić information content (AvgIpc) is 2.91. The van der Waals surface area contributed by atoms with Crippen LogP contribution in [-0.4, -0.2) is 28.4 Å². The van der Waals surface area contributed by atoms with E-state index in [0.717, 1.165) is 23.9 Å². The number of carboxylic acids is 1. The Morgan fingerprint density at radius 3 is 2.68 bits per heavy atom. The highest BCUT2D eigenvalue weighted by Gasteiger charge is 2.18. The molecule has 0 saturated carbocycles. The Morgan fingerprint density at radius 1 is 1.32 bits per heavy atom. The predicted octanol–water partition coefficient (Wildman–Crippen LogP) is 2.21. The molecule has 1 aromatic heterocycles. The maximum Gasteiger partial charge on any atom is 0.435 e. The molecule has 1 unspecified atom stereocenters. The van der Waals surface area contributed by atoms with E-state index in [1.807, 2.05) is 6.92 Å². The number of carbonyl (C=O) groups excluding carboxylic acids is 2. The van der Waals surface area contributed by atoms with Gasteiger partial charge in [-0.15, -0.1) is 0 Å². The fourth-order valence-electron chi connectivity index (χ4n) is 2.42. The quantitative estimate of drug-likeness (QED) is 0.817. The second-order valence-corrected chi connectivity index (χ2v) is 5.20. The van der Waals surface area contributed by atoms with Crippen molar-refractivity contribution in [2.75, 3.05) is 6.61 Å². The zero-order valence-corrected chi connectivity index (χ0v) is 12.7. The van der Waals surface area contributed by atoms with E-state index in [1.54, 1.807) is 24.3 Å². The molecule has 0 bridgehead atoms. The molecule has 118 valence electrons. The number of fused-ring (bicyclic) bond motifs is 1. The van der Waals surface area contributed by atoms with Gasteiger partial charge < -0.3 is 14.6 Å². The van der Waals surface area contributed by atoms with Gasteiger partial charge in [0.1, 0.15) is 5.69 Å². The van der Waals surface area contributed by atoms with Gasteiger partial charge in [-0.25, -0.2) is 4.79 Å². The molecule has 0 saturated heterocycles. The second-order valence-electron chi connectivity index (χ2n) is 5.20. The van der Waals surface area contributed by atoms with E-state index in [1.165, 1.54) is 0 Å². The van der Waals surface area contributed by atoms with Crippen LogP contribution in [0, 0.1) is 5.92 Å². The molecule has 0 fully saturated rings. The van der Waals surface area contributed by atoms with Crippen molar-refractivity contribution in [3.63, 3.8) is 0 Å². The van der Waals surface area contributed by atoms with Crippen LogP contribution in [0.15, 0.2) is 24.3 Å². The van der Waals surface area contributed by atoms with E-state index in [0.29, 0.717) is 23.4 Å². The third-order valence-electron chi connectivity index (χ3n) is 3.67. The topological polar surface area (TPSA) is 84.2 Å². The minimum atomic E-state index is -1.42. The Balaban J connectivity index is 2.23. The van der Waals surface area contributed by atoms with Crippen LogP contribution in [-0.2, 0) is 4.74 Å². The highest BCUT2D eigenvalue weighted by molar-refractivity contribution is 6.02. The summed E-state index contributed by atoms with van der Waals surface area (Å²) in [6, 6.07) is 6.60. The highest BCUT2D eigenvalue weighted by Crippen LogP contribution is 2.19. The van der Waals surface area contributed by atoms with Crippen LogP contribution < -0.4 is 5.11 Å². The molecule has 6 nitrogen and oxygen atoms in total. The lowest BCUT2D eigenvalue weighted by Crippen LogP contribution is -2.24. The van der Waals surface area contributed by atoms with E-state index < -0.39 is 12.1 Å². The van der Waals surface area contributed by atoms with Crippen LogP contribution in [0.3, 0.4) is 0 Å². The molecule has 22 heavy (non-hydrogen) atoms. The minimum Gasteiger partial charge on any atom is -0.543 e. The molecule has 0 aliphatic carbocycles. The highest BCUT2D eigenvalue weighted by atomic mass is 16.6. The monoisotopic (exact) mass is 303 g/mol. The van der Waals surface area contributed by atoms with Crippen LogP contribution in [0.25, 0.3) is 10.9 Å². The summed E-state index contributed by atoms with van der Waals surface area (Å²) >= 11 is 0. The minimum absolute atomic E-state index is 0.256. The number of benzene rings is 1. The van der Waals surface area contributed by atoms with Crippen LogP contribution in [0.1, 0.15) is 43.6 Å². The third kappa shape index (κ3) is 3.27. The van der Waals surface area contributed by atoms with Crippen LogP contribution in [0.4, 0.5) is 4.79 Å². The van der Waals surface area contributed by atoms with Crippen molar-refractivity contribution in [3.8, 4) is 0 Å². The maximum absolute atomic E-state index is 12.2. The van der Waals surface area contributed by atoms with Gasteiger partial charge in [-0.3, -0.25) is 0 Å². The molecule has 0 spiro atoms. The van der Waals surface area contributed by atoms with Crippen molar-refractivity contribution in [3.05, 3.63) is 30.0 Å². The first-order valence-corrected chi connectivity index (χ1v) is 7.44. The van der Waals surface area contributed by atoms with Crippen LogP contribution >= 0.6 is 0 Å².